The predicted octanol–water partition coefficient (Wildman–Crippen LogP) is -2.89. The molecule has 0 fully saturated rings. The summed E-state index contributed by atoms with van der Waals surface area (Å²) in [5.74, 6) is -1.77. The van der Waals surface area contributed by atoms with Gasteiger partial charge in [0, 0.05) is 82.9 Å². The van der Waals surface area contributed by atoms with Crippen LogP contribution in [0.25, 0.3) is 12.2 Å². The number of carbonyl (C=O) groups is 5. The molecule has 0 atom stereocenters. The van der Waals surface area contributed by atoms with Gasteiger partial charge < -0.3 is 67.6 Å². The van der Waals surface area contributed by atoms with Crippen LogP contribution in [0.4, 0.5) is 0 Å². The molecule has 0 radical (unpaired) electrons. The van der Waals surface area contributed by atoms with E-state index in [1.807, 2.05) is 46.8 Å². The standard InChI is InChI=1S/C44H56N4O10.2BrH/c1-11-58-44(53)20-33-32(15-19-43(52)57-10)38(22-36-30(13-17-41(50)55-8)25(3)28(6)46-36)48-39(33)23-37-31(14-18-42(51)56-9)26(4)34(47-37)21-35-29(12-16-40(49)54-7)24(2)27(5)45-35;;/h21-22,45-46H,11-20,23H2,1-10H3;2*1H/b34-21+,38-22-;;. The number of esters is 5. The number of methoxy groups -OCH3 is 4. The van der Waals surface area contributed by atoms with Gasteiger partial charge in [-0.15, -0.1) is 0 Å². The van der Waals surface area contributed by atoms with E-state index in [1.54, 1.807) is 6.92 Å². The number of H-pyrrole nitrogens is 2. The number of nitrogens with one attached hydrogen (secondary N) is 4. The summed E-state index contributed by atoms with van der Waals surface area (Å²) in [4.78, 5) is 76.6. The Kier molecular flexibility index (Phi) is 20.4. The van der Waals surface area contributed by atoms with Crippen molar-refractivity contribution in [3.8, 4) is 0 Å². The third-order valence-electron chi connectivity index (χ3n) is 11.0. The first-order chi connectivity index (χ1) is 27.6. The van der Waals surface area contributed by atoms with E-state index in [-0.39, 0.29) is 97.0 Å². The third-order valence-corrected chi connectivity index (χ3v) is 11.0. The summed E-state index contributed by atoms with van der Waals surface area (Å²) < 4.78 is 25.3. The molecule has 0 amide bonds. The Morgan fingerprint density at radius 2 is 0.950 bits per heavy atom. The fraction of sp³-hybridized carbons (Fsp3) is 0.477. The molecule has 0 unspecified atom stereocenters. The van der Waals surface area contributed by atoms with Crippen LogP contribution in [0.1, 0.15) is 110 Å². The molecule has 14 nitrogen and oxygen atoms in total. The van der Waals surface area contributed by atoms with Crippen LogP contribution in [-0.2, 0) is 60.5 Å². The second kappa shape index (κ2) is 23.8. The fourth-order valence-electron chi connectivity index (χ4n) is 7.41. The van der Waals surface area contributed by atoms with Gasteiger partial charge in [-0.3, -0.25) is 24.0 Å². The van der Waals surface area contributed by atoms with Crippen LogP contribution < -0.4 is 43.9 Å². The van der Waals surface area contributed by atoms with Crippen LogP contribution in [0.5, 0.6) is 0 Å². The zero-order chi connectivity index (χ0) is 42.7. The number of hydrogen-bond donors (Lipinski definition) is 4. The van der Waals surface area contributed by atoms with E-state index < -0.39 is 11.9 Å². The number of rotatable bonds is 19. The van der Waals surface area contributed by atoms with Gasteiger partial charge in [-0.05, 0) is 89.5 Å². The minimum atomic E-state index is -0.418. The lowest BCUT2D eigenvalue weighted by Crippen LogP contribution is -3.00. The number of aromatic amines is 2. The minimum Gasteiger partial charge on any atom is -1.00 e. The van der Waals surface area contributed by atoms with E-state index in [0.717, 1.165) is 78.9 Å². The molecule has 0 aromatic carbocycles. The van der Waals surface area contributed by atoms with Crippen molar-refractivity contribution >= 4 is 53.4 Å². The Hall–Kier alpha value is -4.83. The number of aryl methyl sites for hydroxylation is 2. The summed E-state index contributed by atoms with van der Waals surface area (Å²) in [6, 6.07) is 0. The Morgan fingerprint density at radius 3 is 1.40 bits per heavy atom. The summed E-state index contributed by atoms with van der Waals surface area (Å²) in [7, 11) is 5.44. The molecule has 0 spiro atoms. The normalized spacial score (nSPS) is 14.8. The average Bonchev–Trinajstić information content (AvgIpc) is 3.86. The van der Waals surface area contributed by atoms with Gasteiger partial charge in [0.1, 0.15) is 6.42 Å². The summed E-state index contributed by atoms with van der Waals surface area (Å²) in [5.41, 5.74) is 14.0. The first-order valence-electron chi connectivity index (χ1n) is 19.6. The van der Waals surface area contributed by atoms with Crippen LogP contribution in [0.3, 0.4) is 0 Å². The highest BCUT2D eigenvalue weighted by Crippen LogP contribution is 2.31. The van der Waals surface area contributed by atoms with Gasteiger partial charge in [0.15, 0.2) is 11.4 Å². The van der Waals surface area contributed by atoms with Crippen LogP contribution in [-0.4, -0.2) is 86.3 Å². The molecule has 60 heavy (non-hydrogen) atoms. The van der Waals surface area contributed by atoms with Crippen molar-refractivity contribution in [2.45, 2.75) is 106 Å². The second-order valence-corrected chi connectivity index (χ2v) is 14.4. The highest BCUT2D eigenvalue weighted by atomic mass is 79.9. The Labute approximate surface area is 372 Å². The van der Waals surface area contributed by atoms with Gasteiger partial charge in [0.25, 0.3) is 0 Å². The number of halogens is 2. The molecule has 16 heteroatoms. The third kappa shape index (κ3) is 12.8. The Bertz CT molecular complexity index is 2150. The summed E-state index contributed by atoms with van der Waals surface area (Å²) >= 11 is 0. The lowest BCUT2D eigenvalue weighted by atomic mass is 9.91. The van der Waals surface area contributed by atoms with E-state index in [2.05, 4.69) is 20.0 Å². The molecular formula is C44H58Br2N4O10. The van der Waals surface area contributed by atoms with E-state index in [0.29, 0.717) is 37.0 Å². The quantitative estimate of drug-likeness (QED) is 0.0841. The molecule has 2 aromatic heterocycles. The van der Waals surface area contributed by atoms with Gasteiger partial charge in [0.2, 0.25) is 11.4 Å². The number of allylic oxidation sites excluding steroid dienone is 3. The monoisotopic (exact) mass is 960 g/mol. The molecule has 2 aliphatic rings. The highest BCUT2D eigenvalue weighted by molar-refractivity contribution is 6.17. The average molecular weight is 963 g/mol. The van der Waals surface area contributed by atoms with Crippen molar-refractivity contribution in [2.24, 2.45) is 0 Å². The molecule has 0 saturated carbocycles. The summed E-state index contributed by atoms with van der Waals surface area (Å²) in [5, 5.41) is 0. The van der Waals surface area contributed by atoms with Crippen molar-refractivity contribution in [2.75, 3.05) is 35.0 Å². The van der Waals surface area contributed by atoms with Gasteiger partial charge in [0.05, 0.1) is 41.5 Å². The molecule has 0 saturated heterocycles. The van der Waals surface area contributed by atoms with Gasteiger partial charge in [-0.2, -0.15) is 0 Å². The van der Waals surface area contributed by atoms with Gasteiger partial charge in [-0.25, -0.2) is 9.98 Å². The summed E-state index contributed by atoms with van der Waals surface area (Å²) in [6.07, 6.45) is 6.50. The van der Waals surface area contributed by atoms with Crippen LogP contribution in [0, 0.1) is 27.7 Å². The minimum absolute atomic E-state index is 0. The SMILES string of the molecule is CCOC(=O)CC1=C(CCC(=O)OC)/C(=C/c2[nH]c(C)c(C)c2CCC(=O)OC)[NH+]=C1CC1=[NH+]/C(=C/c2[nH]c(C)c(C)c2CCC(=O)OC)C(C)=C1CCC(=O)OC.[Br-].[Br-]. The Morgan fingerprint density at radius 1 is 0.550 bits per heavy atom. The second-order valence-electron chi connectivity index (χ2n) is 14.4. The molecule has 2 aromatic rings. The smallest absolute Gasteiger partial charge is 0.310 e. The number of ether oxygens (including phenoxy) is 5. The maximum atomic E-state index is 13.2. The Balaban J connectivity index is 0.00000620. The van der Waals surface area contributed by atoms with Crippen molar-refractivity contribution in [3.05, 3.63) is 78.7 Å². The lowest BCUT2D eigenvalue weighted by molar-refractivity contribution is -0.393. The van der Waals surface area contributed by atoms with E-state index in [4.69, 9.17) is 23.7 Å². The number of aromatic nitrogens is 2. The molecule has 0 aliphatic carbocycles. The maximum Gasteiger partial charge on any atom is 0.310 e. The van der Waals surface area contributed by atoms with E-state index >= 15 is 0 Å². The topological polar surface area (TPSA) is 191 Å². The van der Waals surface area contributed by atoms with Crippen LogP contribution in [0.15, 0.2) is 33.7 Å². The van der Waals surface area contributed by atoms with Crippen LogP contribution >= 0.6 is 0 Å². The number of hydrogen-bond acceptors (Lipinski definition) is 10. The fourth-order valence-corrected chi connectivity index (χ4v) is 7.41. The zero-order valence-corrected chi connectivity index (χ0v) is 39.4. The lowest BCUT2D eigenvalue weighted by Gasteiger charge is -2.07. The van der Waals surface area contributed by atoms with Crippen molar-refractivity contribution < 1.29 is 91.6 Å². The van der Waals surface area contributed by atoms with Gasteiger partial charge in [-0.1, -0.05) is 0 Å². The maximum absolute atomic E-state index is 13.2. The van der Waals surface area contributed by atoms with E-state index in [9.17, 15) is 24.0 Å². The molecule has 328 valence electrons. The van der Waals surface area contributed by atoms with Crippen molar-refractivity contribution in [1.82, 2.24) is 9.97 Å². The molecule has 4 rings (SSSR count). The van der Waals surface area contributed by atoms with Gasteiger partial charge >= 0.3 is 29.8 Å². The highest BCUT2D eigenvalue weighted by Gasteiger charge is 2.38. The molecule has 4 N–H and O–H groups in total. The van der Waals surface area contributed by atoms with Crippen molar-refractivity contribution in [1.29, 1.82) is 0 Å². The molecule has 2 aliphatic heterocycles. The van der Waals surface area contributed by atoms with Crippen molar-refractivity contribution in [3.63, 3.8) is 0 Å². The summed E-state index contributed by atoms with van der Waals surface area (Å²) in [6.45, 7) is 11.9. The van der Waals surface area contributed by atoms with Crippen LogP contribution in [0.2, 0.25) is 0 Å². The first kappa shape index (κ1) is 51.3. The molecular weight excluding hydrogens is 904 g/mol. The molecule has 0 bridgehead atoms. The van der Waals surface area contributed by atoms with E-state index in [1.165, 1.54) is 28.4 Å². The largest absolute Gasteiger partial charge is 1.00 e. The first-order valence-corrected chi connectivity index (χ1v) is 19.6. The number of carbonyl (C=O) groups excluding carboxylic acids is 5. The molecule has 4 heterocycles. The predicted molar refractivity (Wildman–Crippen MR) is 217 cm³/mol. The zero-order valence-electron chi connectivity index (χ0n) is 36.3.